The molecule has 0 N–H and O–H groups in total. The van der Waals surface area contributed by atoms with Gasteiger partial charge in [-0.15, -0.1) is 0 Å². The van der Waals surface area contributed by atoms with Gasteiger partial charge in [-0.25, -0.2) is 0 Å². The van der Waals surface area contributed by atoms with Crippen LogP contribution in [0.3, 0.4) is 0 Å². The van der Waals surface area contributed by atoms with Crippen LogP contribution in [0.4, 0.5) is 0 Å². The molecule has 0 radical (unpaired) electrons. The van der Waals surface area contributed by atoms with Crippen molar-refractivity contribution >= 4 is 0 Å². The van der Waals surface area contributed by atoms with Gasteiger partial charge in [-0.1, -0.05) is 6.92 Å². The van der Waals surface area contributed by atoms with E-state index in [1.165, 1.54) is 12.8 Å². The molecule has 0 amide bonds. The summed E-state index contributed by atoms with van der Waals surface area (Å²) in [5, 5.41) is 0. The van der Waals surface area contributed by atoms with E-state index in [4.69, 9.17) is 14.2 Å². The predicted octanol–water partition coefficient (Wildman–Crippen LogP) is 2.18. The highest BCUT2D eigenvalue weighted by molar-refractivity contribution is 4.97. The van der Waals surface area contributed by atoms with Gasteiger partial charge in [-0.2, -0.15) is 0 Å². The largest absolute Gasteiger partial charge is 0.459 e. The van der Waals surface area contributed by atoms with Crippen LogP contribution in [-0.2, 0) is 14.2 Å². The second-order valence-electron chi connectivity index (χ2n) is 4.35. The maximum Gasteiger partial charge on any atom is 0.242 e. The topological polar surface area (TPSA) is 31.0 Å². The molecule has 1 saturated carbocycles. The molecule has 3 heteroatoms. The van der Waals surface area contributed by atoms with Gasteiger partial charge in [0.15, 0.2) is 0 Å². The molecule has 0 aromatic rings. The van der Waals surface area contributed by atoms with Crippen LogP contribution in [0.2, 0.25) is 0 Å². The van der Waals surface area contributed by atoms with E-state index >= 15 is 0 Å². The van der Waals surface area contributed by atoms with Gasteiger partial charge in [-0.05, 0) is 19.3 Å². The number of ether oxygens (including phenoxy) is 3. The molecule has 0 aromatic heterocycles. The highest BCUT2D eigenvalue weighted by Crippen LogP contribution is 2.42. The third kappa shape index (κ3) is 1.40. The molecule has 4 atom stereocenters. The van der Waals surface area contributed by atoms with Crippen LogP contribution in [0.15, 0.2) is 12.0 Å². The minimum Gasteiger partial charge on any atom is -0.459 e. The van der Waals surface area contributed by atoms with Crippen molar-refractivity contribution in [2.24, 2.45) is 5.92 Å². The van der Waals surface area contributed by atoms with Crippen molar-refractivity contribution in [2.45, 2.75) is 51.1 Å². The van der Waals surface area contributed by atoms with Gasteiger partial charge < -0.3 is 14.2 Å². The highest BCUT2D eigenvalue weighted by atomic mass is 16.7. The first-order chi connectivity index (χ1) is 6.86. The lowest BCUT2D eigenvalue weighted by atomic mass is 9.89. The van der Waals surface area contributed by atoms with E-state index in [0.29, 0.717) is 18.1 Å². The summed E-state index contributed by atoms with van der Waals surface area (Å²) in [7, 11) is 0. The Balaban J connectivity index is 1.57. The number of epoxide rings is 1. The first-order valence-electron chi connectivity index (χ1n) is 5.53. The van der Waals surface area contributed by atoms with Crippen LogP contribution >= 0.6 is 0 Å². The lowest BCUT2D eigenvalue weighted by Gasteiger charge is -2.24. The van der Waals surface area contributed by atoms with E-state index in [1.807, 2.05) is 0 Å². The standard InChI is InChI=1S/C11H16O3/c1-2-8-6-12-11(13-8)7-3-4-9-10(5-7)14-9/h6-7,9-11H,2-5H2,1H3. The summed E-state index contributed by atoms with van der Waals surface area (Å²) in [6.07, 6.45) is 7.20. The zero-order valence-electron chi connectivity index (χ0n) is 8.44. The van der Waals surface area contributed by atoms with Crippen molar-refractivity contribution < 1.29 is 14.2 Å². The Labute approximate surface area is 84.0 Å². The molecule has 2 fully saturated rings. The maximum absolute atomic E-state index is 5.70. The quantitative estimate of drug-likeness (QED) is 0.634. The molecule has 1 aliphatic carbocycles. The third-order valence-corrected chi connectivity index (χ3v) is 3.38. The summed E-state index contributed by atoms with van der Waals surface area (Å²) in [6, 6.07) is 0. The molecular weight excluding hydrogens is 180 g/mol. The Morgan fingerprint density at radius 3 is 3.00 bits per heavy atom. The Morgan fingerprint density at radius 1 is 1.36 bits per heavy atom. The molecule has 2 aliphatic heterocycles. The summed E-state index contributed by atoms with van der Waals surface area (Å²) in [5.41, 5.74) is 0. The van der Waals surface area contributed by atoms with Gasteiger partial charge in [0, 0.05) is 12.3 Å². The van der Waals surface area contributed by atoms with Crippen LogP contribution < -0.4 is 0 Å². The van der Waals surface area contributed by atoms with Gasteiger partial charge in [-0.3, -0.25) is 0 Å². The molecule has 14 heavy (non-hydrogen) atoms. The molecule has 0 spiro atoms. The van der Waals surface area contributed by atoms with Crippen molar-refractivity contribution in [3.63, 3.8) is 0 Å². The molecule has 0 bridgehead atoms. The van der Waals surface area contributed by atoms with E-state index in [-0.39, 0.29) is 6.29 Å². The SMILES string of the molecule is CCC1=COC(C2CCC3OC3C2)O1. The minimum absolute atomic E-state index is 0.0323. The molecule has 4 unspecified atom stereocenters. The number of rotatable bonds is 2. The second-order valence-corrected chi connectivity index (χ2v) is 4.35. The van der Waals surface area contributed by atoms with Crippen LogP contribution in [-0.4, -0.2) is 18.5 Å². The molecule has 3 aliphatic rings. The summed E-state index contributed by atoms with van der Waals surface area (Å²) < 4.78 is 16.7. The second kappa shape index (κ2) is 3.16. The smallest absolute Gasteiger partial charge is 0.242 e. The first-order valence-corrected chi connectivity index (χ1v) is 5.53. The fourth-order valence-electron chi connectivity index (χ4n) is 2.40. The Bertz CT molecular complexity index is 261. The highest BCUT2D eigenvalue weighted by Gasteiger charge is 2.47. The molecule has 3 nitrogen and oxygen atoms in total. The summed E-state index contributed by atoms with van der Waals surface area (Å²) in [6.45, 7) is 2.08. The molecular formula is C11H16O3. The molecule has 3 rings (SSSR count). The fraction of sp³-hybridized carbons (Fsp3) is 0.818. The average Bonchev–Trinajstić information content (AvgIpc) is 2.84. The van der Waals surface area contributed by atoms with Crippen LogP contribution in [0.25, 0.3) is 0 Å². The molecule has 78 valence electrons. The van der Waals surface area contributed by atoms with E-state index in [0.717, 1.165) is 18.6 Å². The summed E-state index contributed by atoms with van der Waals surface area (Å²) in [4.78, 5) is 0. The Hall–Kier alpha value is -0.700. The van der Waals surface area contributed by atoms with Crippen LogP contribution in [0.1, 0.15) is 32.6 Å². The lowest BCUT2D eigenvalue weighted by molar-refractivity contribution is -0.0827. The van der Waals surface area contributed by atoms with Crippen molar-refractivity contribution in [1.82, 2.24) is 0 Å². The zero-order valence-corrected chi connectivity index (χ0v) is 8.44. The number of fused-ring (bicyclic) bond motifs is 1. The van der Waals surface area contributed by atoms with Crippen molar-refractivity contribution in [3.05, 3.63) is 12.0 Å². The summed E-state index contributed by atoms with van der Waals surface area (Å²) >= 11 is 0. The van der Waals surface area contributed by atoms with Crippen LogP contribution in [0, 0.1) is 5.92 Å². The van der Waals surface area contributed by atoms with E-state index in [9.17, 15) is 0 Å². The van der Waals surface area contributed by atoms with E-state index < -0.39 is 0 Å². The van der Waals surface area contributed by atoms with E-state index in [1.54, 1.807) is 6.26 Å². The first kappa shape index (κ1) is 8.60. The van der Waals surface area contributed by atoms with Crippen molar-refractivity contribution in [3.8, 4) is 0 Å². The van der Waals surface area contributed by atoms with Gasteiger partial charge in [0.1, 0.15) is 12.0 Å². The zero-order chi connectivity index (χ0) is 9.54. The van der Waals surface area contributed by atoms with Gasteiger partial charge in [0.05, 0.1) is 12.2 Å². The Morgan fingerprint density at radius 2 is 2.29 bits per heavy atom. The number of hydrogen-bond acceptors (Lipinski definition) is 3. The summed E-state index contributed by atoms with van der Waals surface area (Å²) in [5.74, 6) is 1.51. The molecule has 0 aromatic carbocycles. The minimum atomic E-state index is -0.0323. The van der Waals surface area contributed by atoms with E-state index in [2.05, 4.69) is 6.92 Å². The molecule has 1 saturated heterocycles. The van der Waals surface area contributed by atoms with Crippen LogP contribution in [0.5, 0.6) is 0 Å². The Kier molecular flexibility index (Phi) is 1.94. The maximum atomic E-state index is 5.70. The number of allylic oxidation sites excluding steroid dienone is 1. The fourth-order valence-corrected chi connectivity index (χ4v) is 2.40. The van der Waals surface area contributed by atoms with Gasteiger partial charge in [0.25, 0.3) is 0 Å². The van der Waals surface area contributed by atoms with Gasteiger partial charge in [0.2, 0.25) is 6.29 Å². The normalized spacial score (nSPS) is 44.8. The van der Waals surface area contributed by atoms with Crippen molar-refractivity contribution in [2.75, 3.05) is 0 Å². The number of hydrogen-bond donors (Lipinski definition) is 0. The van der Waals surface area contributed by atoms with Crippen molar-refractivity contribution in [1.29, 1.82) is 0 Å². The predicted molar refractivity (Wildman–Crippen MR) is 50.3 cm³/mol. The van der Waals surface area contributed by atoms with Gasteiger partial charge >= 0.3 is 0 Å². The monoisotopic (exact) mass is 196 g/mol. The lowest BCUT2D eigenvalue weighted by Crippen LogP contribution is -2.27. The third-order valence-electron chi connectivity index (χ3n) is 3.38. The average molecular weight is 196 g/mol. The molecule has 2 heterocycles.